The highest BCUT2D eigenvalue weighted by Gasteiger charge is 2.23. The Labute approximate surface area is 126 Å². The summed E-state index contributed by atoms with van der Waals surface area (Å²) in [6.45, 7) is 12.0. The van der Waals surface area contributed by atoms with Gasteiger partial charge in [-0.05, 0) is 36.8 Å². The second-order valence-electron chi connectivity index (χ2n) is 6.19. The molecule has 1 atom stereocenters. The maximum Gasteiger partial charge on any atom is 0.160 e. The molecule has 0 saturated carbocycles. The van der Waals surface area contributed by atoms with E-state index in [0.717, 1.165) is 23.5 Å². The van der Waals surface area contributed by atoms with Crippen molar-refractivity contribution in [1.29, 1.82) is 0 Å². The second-order valence-corrected chi connectivity index (χ2v) is 6.85. The van der Waals surface area contributed by atoms with E-state index in [0.29, 0.717) is 17.8 Å². The maximum absolute atomic E-state index is 6.31. The SMILES string of the molecule is CC(Cl)c1nc2cccnc2n1CC(C(C)C)C(C)C. The van der Waals surface area contributed by atoms with Gasteiger partial charge in [-0.15, -0.1) is 11.6 Å². The van der Waals surface area contributed by atoms with Gasteiger partial charge in [0, 0.05) is 12.7 Å². The summed E-state index contributed by atoms with van der Waals surface area (Å²) in [5.41, 5.74) is 1.88. The third-order valence-corrected chi connectivity index (χ3v) is 4.19. The molecule has 2 heterocycles. The van der Waals surface area contributed by atoms with Crippen molar-refractivity contribution >= 4 is 22.8 Å². The number of aromatic nitrogens is 3. The van der Waals surface area contributed by atoms with Crippen molar-refractivity contribution in [2.45, 2.75) is 46.5 Å². The molecule has 2 aromatic rings. The summed E-state index contributed by atoms with van der Waals surface area (Å²) in [6, 6.07) is 3.92. The van der Waals surface area contributed by atoms with Crippen LogP contribution in [0, 0.1) is 17.8 Å². The summed E-state index contributed by atoms with van der Waals surface area (Å²) in [4.78, 5) is 9.15. The lowest BCUT2D eigenvalue weighted by Crippen LogP contribution is -2.23. The van der Waals surface area contributed by atoms with E-state index in [1.54, 1.807) is 0 Å². The Bertz CT molecular complexity index is 564. The molecule has 0 aliphatic carbocycles. The number of halogens is 1. The van der Waals surface area contributed by atoms with Crippen molar-refractivity contribution < 1.29 is 0 Å². The Morgan fingerprint density at radius 2 is 1.80 bits per heavy atom. The molecule has 0 fully saturated rings. The van der Waals surface area contributed by atoms with E-state index in [9.17, 15) is 0 Å². The first-order valence-corrected chi connectivity index (χ1v) is 7.80. The highest BCUT2D eigenvalue weighted by molar-refractivity contribution is 6.20. The van der Waals surface area contributed by atoms with Gasteiger partial charge in [-0.25, -0.2) is 9.97 Å². The van der Waals surface area contributed by atoms with E-state index in [-0.39, 0.29) is 5.38 Å². The molecule has 0 saturated heterocycles. The average molecular weight is 294 g/mol. The van der Waals surface area contributed by atoms with E-state index in [4.69, 9.17) is 11.6 Å². The quantitative estimate of drug-likeness (QED) is 0.751. The van der Waals surface area contributed by atoms with Crippen LogP contribution in [0.15, 0.2) is 18.3 Å². The van der Waals surface area contributed by atoms with Gasteiger partial charge in [0.25, 0.3) is 0 Å². The molecule has 0 N–H and O–H groups in total. The number of rotatable bonds is 5. The van der Waals surface area contributed by atoms with Gasteiger partial charge in [0.1, 0.15) is 11.3 Å². The highest BCUT2D eigenvalue weighted by Crippen LogP contribution is 2.28. The molecule has 4 heteroatoms. The zero-order valence-electron chi connectivity index (χ0n) is 13.0. The van der Waals surface area contributed by atoms with Crippen LogP contribution < -0.4 is 0 Å². The molecule has 0 bridgehead atoms. The summed E-state index contributed by atoms with van der Waals surface area (Å²) in [5.74, 6) is 2.75. The number of hydrogen-bond acceptors (Lipinski definition) is 2. The minimum atomic E-state index is -0.107. The zero-order chi connectivity index (χ0) is 14.9. The van der Waals surface area contributed by atoms with Crippen molar-refractivity contribution in [2.75, 3.05) is 0 Å². The molecule has 20 heavy (non-hydrogen) atoms. The first kappa shape index (κ1) is 15.3. The van der Waals surface area contributed by atoms with Gasteiger partial charge in [-0.1, -0.05) is 27.7 Å². The number of alkyl halides is 1. The molecule has 3 nitrogen and oxygen atoms in total. The van der Waals surface area contributed by atoms with Crippen molar-refractivity contribution in [3.05, 3.63) is 24.2 Å². The Balaban J connectivity index is 2.48. The van der Waals surface area contributed by atoms with Crippen LogP contribution in [-0.2, 0) is 6.54 Å². The summed E-state index contributed by atoms with van der Waals surface area (Å²) in [5, 5.41) is -0.107. The topological polar surface area (TPSA) is 30.7 Å². The molecule has 0 spiro atoms. The van der Waals surface area contributed by atoms with Gasteiger partial charge in [-0.2, -0.15) is 0 Å². The Kier molecular flexibility index (Phi) is 4.69. The fourth-order valence-electron chi connectivity index (χ4n) is 2.86. The zero-order valence-corrected chi connectivity index (χ0v) is 13.7. The van der Waals surface area contributed by atoms with E-state index < -0.39 is 0 Å². The van der Waals surface area contributed by atoms with Crippen LogP contribution in [-0.4, -0.2) is 14.5 Å². The lowest BCUT2D eigenvalue weighted by molar-refractivity contribution is 0.251. The number of pyridine rings is 1. The fraction of sp³-hybridized carbons (Fsp3) is 0.625. The van der Waals surface area contributed by atoms with Crippen molar-refractivity contribution in [1.82, 2.24) is 14.5 Å². The van der Waals surface area contributed by atoms with Gasteiger partial charge in [0.05, 0.1) is 5.38 Å². The van der Waals surface area contributed by atoms with Crippen LogP contribution in [0.3, 0.4) is 0 Å². The van der Waals surface area contributed by atoms with Crippen LogP contribution >= 0.6 is 11.6 Å². The molecule has 2 aromatic heterocycles. The molecule has 0 aromatic carbocycles. The van der Waals surface area contributed by atoms with Gasteiger partial charge < -0.3 is 4.57 Å². The molecule has 110 valence electrons. The molecule has 0 aliphatic heterocycles. The summed E-state index contributed by atoms with van der Waals surface area (Å²) in [6.07, 6.45) is 1.82. The predicted octanol–water partition coefficient (Wildman–Crippen LogP) is 4.66. The molecule has 0 radical (unpaired) electrons. The lowest BCUT2D eigenvalue weighted by atomic mass is 9.85. The van der Waals surface area contributed by atoms with Gasteiger partial charge >= 0.3 is 0 Å². The van der Waals surface area contributed by atoms with Crippen LogP contribution in [0.25, 0.3) is 11.2 Å². The first-order valence-electron chi connectivity index (χ1n) is 7.37. The van der Waals surface area contributed by atoms with E-state index in [2.05, 4.69) is 42.2 Å². The maximum atomic E-state index is 6.31. The van der Waals surface area contributed by atoms with E-state index in [1.807, 2.05) is 25.3 Å². The minimum absolute atomic E-state index is 0.107. The Morgan fingerprint density at radius 1 is 1.15 bits per heavy atom. The fourth-order valence-corrected chi connectivity index (χ4v) is 3.03. The lowest BCUT2D eigenvalue weighted by Gasteiger charge is -2.26. The van der Waals surface area contributed by atoms with E-state index in [1.165, 1.54) is 0 Å². The summed E-state index contributed by atoms with van der Waals surface area (Å²) >= 11 is 6.31. The molecule has 0 aliphatic rings. The molecular formula is C16H24ClN3. The third kappa shape index (κ3) is 2.98. The van der Waals surface area contributed by atoms with E-state index >= 15 is 0 Å². The van der Waals surface area contributed by atoms with Gasteiger partial charge in [0.15, 0.2) is 5.65 Å². The number of hydrogen-bond donors (Lipinski definition) is 0. The smallest absolute Gasteiger partial charge is 0.160 e. The molecule has 0 amide bonds. The van der Waals surface area contributed by atoms with Gasteiger partial charge in [-0.3, -0.25) is 0 Å². The number of nitrogens with zero attached hydrogens (tertiary/aromatic N) is 3. The third-order valence-electron chi connectivity index (χ3n) is 4.00. The summed E-state index contributed by atoms with van der Waals surface area (Å²) < 4.78 is 2.21. The largest absolute Gasteiger partial charge is 0.311 e. The van der Waals surface area contributed by atoms with Crippen molar-refractivity contribution in [3.8, 4) is 0 Å². The second kappa shape index (κ2) is 6.13. The average Bonchev–Trinajstić information content (AvgIpc) is 2.74. The first-order chi connectivity index (χ1) is 9.41. The van der Waals surface area contributed by atoms with Crippen molar-refractivity contribution in [3.63, 3.8) is 0 Å². The van der Waals surface area contributed by atoms with Crippen LogP contribution in [0.1, 0.15) is 45.8 Å². The normalized spacial score (nSPS) is 13.8. The monoisotopic (exact) mass is 293 g/mol. The molecule has 2 rings (SSSR count). The summed E-state index contributed by atoms with van der Waals surface area (Å²) in [7, 11) is 0. The number of imidazole rings is 1. The highest BCUT2D eigenvalue weighted by atomic mass is 35.5. The Morgan fingerprint density at radius 3 is 2.35 bits per heavy atom. The standard InChI is InChI=1S/C16H24ClN3/c1-10(2)13(11(3)4)9-20-15(12(5)17)19-14-7-6-8-18-16(14)20/h6-8,10-13H,9H2,1-5H3. The minimum Gasteiger partial charge on any atom is -0.311 e. The van der Waals surface area contributed by atoms with Gasteiger partial charge in [0.2, 0.25) is 0 Å². The van der Waals surface area contributed by atoms with Crippen LogP contribution in [0.4, 0.5) is 0 Å². The molecular weight excluding hydrogens is 270 g/mol. The van der Waals surface area contributed by atoms with Crippen LogP contribution in [0.2, 0.25) is 0 Å². The predicted molar refractivity (Wildman–Crippen MR) is 85.0 cm³/mol. The number of fused-ring (bicyclic) bond motifs is 1. The Hall–Kier alpha value is -1.09. The van der Waals surface area contributed by atoms with Crippen molar-refractivity contribution in [2.24, 2.45) is 17.8 Å². The molecule has 1 unspecified atom stereocenters. The van der Waals surface area contributed by atoms with Crippen LogP contribution in [0.5, 0.6) is 0 Å².